The number of aryl methyl sites for hydroxylation is 1. The van der Waals surface area contributed by atoms with Gasteiger partial charge in [-0.3, -0.25) is 10.1 Å². The Morgan fingerprint density at radius 3 is 3.00 bits per heavy atom. The molecule has 0 saturated heterocycles. The van der Waals surface area contributed by atoms with Crippen LogP contribution < -0.4 is 5.73 Å². The molecule has 5 nitrogen and oxygen atoms in total. The highest BCUT2D eigenvalue weighted by Crippen LogP contribution is 2.27. The van der Waals surface area contributed by atoms with E-state index < -0.39 is 0 Å². The smallest absolute Gasteiger partial charge is 0.125 e. The van der Waals surface area contributed by atoms with E-state index in [-0.39, 0.29) is 5.84 Å². The largest absolute Gasteiger partial charge is 0.384 e. The number of nitrogens with zero attached hydrogens (tertiary/aromatic N) is 3. The quantitative estimate of drug-likeness (QED) is 0.617. The first-order chi connectivity index (χ1) is 7.66. The number of nitrogen functional groups attached to an aromatic ring is 1. The minimum atomic E-state index is 0.0273. The van der Waals surface area contributed by atoms with Crippen LogP contribution in [0.1, 0.15) is 5.56 Å². The summed E-state index contributed by atoms with van der Waals surface area (Å²) in [4.78, 5) is 5.19. The second-order valence-corrected chi connectivity index (χ2v) is 4.28. The topological polar surface area (TPSA) is 80.6 Å². The summed E-state index contributed by atoms with van der Waals surface area (Å²) in [5, 5.41) is 12.2. The van der Waals surface area contributed by atoms with E-state index in [1.165, 1.54) is 11.8 Å². The van der Waals surface area contributed by atoms with E-state index in [1.807, 2.05) is 13.2 Å². The molecule has 0 bridgehead atoms. The normalized spacial score (nSPS) is 10.3. The Morgan fingerprint density at radius 1 is 1.56 bits per heavy atom. The van der Waals surface area contributed by atoms with Gasteiger partial charge in [-0.15, -0.1) is 0 Å². The molecule has 0 saturated carbocycles. The molecule has 2 rings (SSSR count). The third kappa shape index (κ3) is 2.22. The van der Waals surface area contributed by atoms with Crippen LogP contribution in [0.3, 0.4) is 0 Å². The summed E-state index contributed by atoms with van der Waals surface area (Å²) in [6, 6.07) is 3.55. The van der Waals surface area contributed by atoms with Crippen molar-refractivity contribution in [2.75, 3.05) is 0 Å². The molecule has 0 amide bonds. The van der Waals surface area contributed by atoms with Crippen LogP contribution in [0.5, 0.6) is 0 Å². The summed E-state index contributed by atoms with van der Waals surface area (Å²) in [5.74, 6) is 0.0273. The van der Waals surface area contributed by atoms with Gasteiger partial charge < -0.3 is 5.73 Å². The Hall–Kier alpha value is -1.82. The van der Waals surface area contributed by atoms with E-state index >= 15 is 0 Å². The summed E-state index contributed by atoms with van der Waals surface area (Å²) in [6.07, 6.45) is 5.33. The predicted molar refractivity (Wildman–Crippen MR) is 62.6 cm³/mol. The molecule has 2 aromatic heterocycles. The maximum Gasteiger partial charge on any atom is 0.125 e. The SMILES string of the molecule is Cn1cc(Sc2ncccc2C(=N)N)cn1. The number of aromatic nitrogens is 3. The number of hydrogen-bond acceptors (Lipinski definition) is 4. The Morgan fingerprint density at radius 2 is 2.38 bits per heavy atom. The lowest BCUT2D eigenvalue weighted by Gasteiger charge is -2.04. The highest BCUT2D eigenvalue weighted by Gasteiger charge is 2.08. The minimum Gasteiger partial charge on any atom is -0.384 e. The molecule has 0 aliphatic carbocycles. The molecule has 0 unspecified atom stereocenters. The molecule has 0 spiro atoms. The number of pyridine rings is 1. The zero-order valence-corrected chi connectivity index (χ0v) is 9.53. The van der Waals surface area contributed by atoms with Gasteiger partial charge in [0.25, 0.3) is 0 Å². The fourth-order valence-electron chi connectivity index (χ4n) is 1.24. The van der Waals surface area contributed by atoms with Crippen LogP contribution in [-0.2, 0) is 7.05 Å². The molecular formula is C10H11N5S. The van der Waals surface area contributed by atoms with Crippen molar-refractivity contribution in [1.29, 1.82) is 5.41 Å². The Kier molecular flexibility index (Phi) is 2.91. The van der Waals surface area contributed by atoms with Gasteiger partial charge in [0.05, 0.1) is 11.1 Å². The summed E-state index contributed by atoms with van der Waals surface area (Å²) in [7, 11) is 1.86. The average Bonchev–Trinajstić information content (AvgIpc) is 2.64. The first kappa shape index (κ1) is 10.7. The molecule has 6 heteroatoms. The average molecular weight is 233 g/mol. The van der Waals surface area contributed by atoms with Crippen molar-refractivity contribution in [3.05, 3.63) is 36.3 Å². The molecule has 0 aliphatic heterocycles. The Balaban J connectivity index is 2.31. The summed E-state index contributed by atoms with van der Waals surface area (Å²) < 4.78 is 1.72. The zero-order chi connectivity index (χ0) is 11.5. The van der Waals surface area contributed by atoms with Crippen LogP contribution >= 0.6 is 11.8 Å². The van der Waals surface area contributed by atoms with E-state index in [2.05, 4.69) is 10.1 Å². The van der Waals surface area contributed by atoms with Crippen LogP contribution in [0.15, 0.2) is 40.6 Å². The molecule has 0 aliphatic rings. The Bertz CT molecular complexity index is 519. The molecule has 0 radical (unpaired) electrons. The van der Waals surface area contributed by atoms with Gasteiger partial charge in [-0.2, -0.15) is 5.10 Å². The lowest BCUT2D eigenvalue weighted by Crippen LogP contribution is -2.12. The molecule has 0 aromatic carbocycles. The highest BCUT2D eigenvalue weighted by molar-refractivity contribution is 7.99. The van der Waals surface area contributed by atoms with Gasteiger partial charge in [-0.25, -0.2) is 4.98 Å². The van der Waals surface area contributed by atoms with Gasteiger partial charge in [0, 0.05) is 25.0 Å². The van der Waals surface area contributed by atoms with Gasteiger partial charge in [0.1, 0.15) is 10.9 Å². The van der Waals surface area contributed by atoms with Crippen LogP contribution in [0.25, 0.3) is 0 Å². The highest BCUT2D eigenvalue weighted by atomic mass is 32.2. The fourth-order valence-corrected chi connectivity index (χ4v) is 2.17. The van der Waals surface area contributed by atoms with Gasteiger partial charge in [0.15, 0.2) is 0 Å². The molecule has 16 heavy (non-hydrogen) atoms. The third-order valence-electron chi connectivity index (χ3n) is 1.96. The van der Waals surface area contributed by atoms with Crippen LogP contribution in [0.2, 0.25) is 0 Å². The van der Waals surface area contributed by atoms with Gasteiger partial charge in [0.2, 0.25) is 0 Å². The zero-order valence-electron chi connectivity index (χ0n) is 8.71. The van der Waals surface area contributed by atoms with Crippen molar-refractivity contribution in [1.82, 2.24) is 14.8 Å². The molecule has 0 fully saturated rings. The summed E-state index contributed by atoms with van der Waals surface area (Å²) in [5.41, 5.74) is 6.13. The number of amidine groups is 1. The summed E-state index contributed by atoms with van der Waals surface area (Å²) >= 11 is 1.45. The van der Waals surface area contributed by atoms with E-state index in [4.69, 9.17) is 11.1 Å². The third-order valence-corrected chi connectivity index (χ3v) is 2.92. The first-order valence-electron chi connectivity index (χ1n) is 4.63. The molecule has 2 aromatic rings. The maximum absolute atomic E-state index is 7.45. The van der Waals surface area contributed by atoms with Gasteiger partial charge in [-0.05, 0) is 12.1 Å². The van der Waals surface area contributed by atoms with Crippen LogP contribution in [-0.4, -0.2) is 20.6 Å². The second kappa shape index (κ2) is 4.36. The van der Waals surface area contributed by atoms with Crippen LogP contribution in [0.4, 0.5) is 0 Å². The van der Waals surface area contributed by atoms with E-state index in [1.54, 1.807) is 29.2 Å². The predicted octanol–water partition coefficient (Wildman–Crippen LogP) is 1.25. The molecule has 82 valence electrons. The number of rotatable bonds is 3. The second-order valence-electron chi connectivity index (χ2n) is 3.22. The van der Waals surface area contributed by atoms with Crippen molar-refractivity contribution >= 4 is 17.6 Å². The molecule has 2 heterocycles. The Labute approximate surface area is 97.2 Å². The van der Waals surface area contributed by atoms with E-state index in [0.29, 0.717) is 5.56 Å². The lowest BCUT2D eigenvalue weighted by atomic mass is 10.3. The van der Waals surface area contributed by atoms with Crippen molar-refractivity contribution in [3.8, 4) is 0 Å². The first-order valence-corrected chi connectivity index (χ1v) is 5.44. The van der Waals surface area contributed by atoms with Crippen molar-refractivity contribution in [2.45, 2.75) is 9.92 Å². The van der Waals surface area contributed by atoms with Crippen molar-refractivity contribution in [2.24, 2.45) is 12.8 Å². The number of nitrogens with one attached hydrogen (secondary N) is 1. The van der Waals surface area contributed by atoms with Gasteiger partial charge >= 0.3 is 0 Å². The summed E-state index contributed by atoms with van der Waals surface area (Å²) in [6.45, 7) is 0. The fraction of sp³-hybridized carbons (Fsp3) is 0.100. The standard InChI is InChI=1S/C10H11N5S/c1-15-6-7(5-14-15)16-10-8(9(11)12)3-2-4-13-10/h2-6H,1H3,(H3,11,12). The minimum absolute atomic E-state index is 0.0273. The van der Waals surface area contributed by atoms with Gasteiger partial charge in [-0.1, -0.05) is 11.8 Å². The van der Waals surface area contributed by atoms with E-state index in [9.17, 15) is 0 Å². The van der Waals surface area contributed by atoms with Crippen LogP contribution in [0, 0.1) is 5.41 Å². The monoisotopic (exact) mass is 233 g/mol. The number of hydrogen-bond donors (Lipinski definition) is 2. The molecular weight excluding hydrogens is 222 g/mol. The lowest BCUT2D eigenvalue weighted by molar-refractivity contribution is 0.766. The van der Waals surface area contributed by atoms with E-state index in [0.717, 1.165) is 9.92 Å². The molecule has 0 atom stereocenters. The maximum atomic E-state index is 7.45. The molecule has 3 N–H and O–H groups in total. The van der Waals surface area contributed by atoms with Crippen molar-refractivity contribution in [3.63, 3.8) is 0 Å². The van der Waals surface area contributed by atoms with Crippen molar-refractivity contribution < 1.29 is 0 Å². The number of nitrogens with two attached hydrogens (primary N) is 1.